The van der Waals surface area contributed by atoms with Gasteiger partial charge in [-0.05, 0) is 18.6 Å². The highest BCUT2D eigenvalue weighted by molar-refractivity contribution is 6.30. The van der Waals surface area contributed by atoms with Crippen molar-refractivity contribution in [3.8, 4) is 0 Å². The quantitative estimate of drug-likeness (QED) is 0.829. The second-order valence-electron chi connectivity index (χ2n) is 3.57. The van der Waals surface area contributed by atoms with Crippen LogP contribution < -0.4 is 11.1 Å². The molecule has 1 unspecified atom stereocenters. The molecule has 0 aliphatic rings. The molecule has 0 aliphatic carbocycles. The molecule has 0 fully saturated rings. The molecule has 5 heteroatoms. The Bertz CT molecular complexity index is 357. The van der Waals surface area contributed by atoms with Crippen molar-refractivity contribution in [2.24, 2.45) is 11.7 Å². The number of nitrogens with two attached hydrogens (primary N) is 1. The summed E-state index contributed by atoms with van der Waals surface area (Å²) < 4.78 is 0. The van der Waals surface area contributed by atoms with Gasteiger partial charge in [-0.2, -0.15) is 0 Å². The van der Waals surface area contributed by atoms with Gasteiger partial charge in [0.1, 0.15) is 5.82 Å². The van der Waals surface area contributed by atoms with Gasteiger partial charge in [-0.15, -0.1) is 0 Å². The first kappa shape index (κ1) is 12.9. The number of anilines is 1. The van der Waals surface area contributed by atoms with E-state index in [-0.39, 0.29) is 11.8 Å². The molecule has 4 nitrogen and oxygen atoms in total. The van der Waals surface area contributed by atoms with Gasteiger partial charge in [-0.3, -0.25) is 4.79 Å². The fourth-order valence-corrected chi connectivity index (χ4v) is 1.57. The van der Waals surface area contributed by atoms with Crippen LogP contribution in [-0.2, 0) is 4.79 Å². The lowest BCUT2D eigenvalue weighted by Gasteiger charge is -2.13. The van der Waals surface area contributed by atoms with Gasteiger partial charge in [0.05, 0.1) is 5.92 Å². The third-order valence-electron chi connectivity index (χ3n) is 2.27. The molecule has 88 valence electrons. The van der Waals surface area contributed by atoms with Crippen LogP contribution in [0, 0.1) is 5.92 Å². The zero-order valence-corrected chi connectivity index (χ0v) is 10.00. The summed E-state index contributed by atoms with van der Waals surface area (Å²) in [5.41, 5.74) is 5.54. The Morgan fingerprint density at radius 2 is 2.44 bits per heavy atom. The molecule has 0 saturated carbocycles. The minimum absolute atomic E-state index is 0.0980. The lowest BCUT2D eigenvalue weighted by atomic mass is 10.0. The number of nitrogens with zero attached hydrogens (tertiary/aromatic N) is 1. The number of rotatable bonds is 5. The van der Waals surface area contributed by atoms with Gasteiger partial charge in [0, 0.05) is 17.8 Å². The molecule has 1 rings (SSSR count). The molecular weight excluding hydrogens is 226 g/mol. The normalized spacial score (nSPS) is 12.2. The molecular formula is C11H16ClN3O. The monoisotopic (exact) mass is 241 g/mol. The van der Waals surface area contributed by atoms with Gasteiger partial charge in [-0.25, -0.2) is 4.98 Å². The van der Waals surface area contributed by atoms with Crippen molar-refractivity contribution in [2.45, 2.75) is 19.8 Å². The van der Waals surface area contributed by atoms with E-state index in [9.17, 15) is 4.79 Å². The zero-order valence-electron chi connectivity index (χ0n) is 9.24. The smallest absolute Gasteiger partial charge is 0.229 e. The van der Waals surface area contributed by atoms with Crippen molar-refractivity contribution in [1.29, 1.82) is 0 Å². The molecule has 0 aliphatic heterocycles. The molecule has 3 N–H and O–H groups in total. The third-order valence-corrected chi connectivity index (χ3v) is 2.50. The summed E-state index contributed by atoms with van der Waals surface area (Å²) in [7, 11) is 0. The van der Waals surface area contributed by atoms with E-state index in [1.54, 1.807) is 18.3 Å². The topological polar surface area (TPSA) is 68.0 Å². The summed E-state index contributed by atoms with van der Waals surface area (Å²) in [6.07, 6.45) is 3.26. The highest BCUT2D eigenvalue weighted by Gasteiger charge is 2.16. The predicted molar refractivity (Wildman–Crippen MR) is 65.3 cm³/mol. The first-order chi connectivity index (χ1) is 7.67. The minimum atomic E-state index is -0.161. The maximum atomic E-state index is 11.8. The van der Waals surface area contributed by atoms with Gasteiger partial charge in [0.2, 0.25) is 5.91 Å². The Kier molecular flexibility index (Phi) is 5.22. The standard InChI is InChI=1S/C11H16ClN3O/c1-2-3-8(7-13)11(16)15-10-6-9(12)4-5-14-10/h4-6,8H,2-3,7,13H2,1H3,(H,14,15,16). The maximum Gasteiger partial charge on any atom is 0.229 e. The van der Waals surface area contributed by atoms with E-state index in [1.165, 1.54) is 0 Å². The van der Waals surface area contributed by atoms with Crippen LogP contribution in [0.2, 0.25) is 5.02 Å². The van der Waals surface area contributed by atoms with E-state index < -0.39 is 0 Å². The highest BCUT2D eigenvalue weighted by Crippen LogP contribution is 2.13. The molecule has 1 heterocycles. The highest BCUT2D eigenvalue weighted by atomic mass is 35.5. The largest absolute Gasteiger partial charge is 0.330 e. The number of halogens is 1. The summed E-state index contributed by atoms with van der Waals surface area (Å²) in [4.78, 5) is 15.8. The van der Waals surface area contributed by atoms with Crippen LogP contribution in [-0.4, -0.2) is 17.4 Å². The van der Waals surface area contributed by atoms with Crippen LogP contribution in [0.15, 0.2) is 18.3 Å². The number of amides is 1. The Balaban J connectivity index is 2.62. The number of carbonyl (C=O) groups excluding carboxylic acids is 1. The van der Waals surface area contributed by atoms with Gasteiger partial charge in [0.25, 0.3) is 0 Å². The second-order valence-corrected chi connectivity index (χ2v) is 4.01. The summed E-state index contributed by atoms with van der Waals surface area (Å²) in [5.74, 6) is 0.206. The number of carbonyl (C=O) groups is 1. The van der Waals surface area contributed by atoms with Crippen LogP contribution in [0.1, 0.15) is 19.8 Å². The average Bonchev–Trinajstić information content (AvgIpc) is 2.25. The van der Waals surface area contributed by atoms with Gasteiger partial charge in [-0.1, -0.05) is 24.9 Å². The summed E-state index contributed by atoms with van der Waals surface area (Å²) in [6.45, 7) is 2.37. The molecule has 16 heavy (non-hydrogen) atoms. The van der Waals surface area contributed by atoms with Crippen LogP contribution in [0.5, 0.6) is 0 Å². The fraction of sp³-hybridized carbons (Fsp3) is 0.455. The van der Waals surface area contributed by atoms with Crippen molar-refractivity contribution >= 4 is 23.3 Å². The average molecular weight is 242 g/mol. The minimum Gasteiger partial charge on any atom is -0.330 e. The van der Waals surface area contributed by atoms with Gasteiger partial charge >= 0.3 is 0 Å². The Labute approximate surface area is 100 Å². The van der Waals surface area contributed by atoms with Crippen LogP contribution >= 0.6 is 11.6 Å². The van der Waals surface area contributed by atoms with Crippen LogP contribution in [0.4, 0.5) is 5.82 Å². The number of hydrogen-bond donors (Lipinski definition) is 2. The maximum absolute atomic E-state index is 11.8. The first-order valence-corrected chi connectivity index (χ1v) is 5.67. The summed E-state index contributed by atoms with van der Waals surface area (Å²) >= 11 is 5.79. The number of nitrogens with one attached hydrogen (secondary N) is 1. The van der Waals surface area contributed by atoms with Crippen molar-refractivity contribution < 1.29 is 4.79 Å². The molecule has 0 radical (unpaired) electrons. The summed E-state index contributed by atoms with van der Waals surface area (Å²) in [5, 5.41) is 3.25. The molecule has 1 aromatic heterocycles. The fourth-order valence-electron chi connectivity index (χ4n) is 1.41. The molecule has 1 amide bonds. The first-order valence-electron chi connectivity index (χ1n) is 5.29. The third kappa shape index (κ3) is 3.79. The number of hydrogen-bond acceptors (Lipinski definition) is 3. The van der Waals surface area contributed by atoms with Crippen molar-refractivity contribution in [3.05, 3.63) is 23.4 Å². The van der Waals surface area contributed by atoms with Gasteiger partial charge in [0.15, 0.2) is 0 Å². The SMILES string of the molecule is CCCC(CN)C(=O)Nc1cc(Cl)ccn1. The van der Waals surface area contributed by atoms with E-state index >= 15 is 0 Å². The van der Waals surface area contributed by atoms with E-state index in [4.69, 9.17) is 17.3 Å². The Hall–Kier alpha value is -1.13. The van der Waals surface area contributed by atoms with Crippen LogP contribution in [0.3, 0.4) is 0 Å². The molecule has 0 spiro atoms. The van der Waals surface area contributed by atoms with Crippen LogP contribution in [0.25, 0.3) is 0 Å². The molecule has 0 aromatic carbocycles. The Morgan fingerprint density at radius 3 is 3.00 bits per heavy atom. The van der Waals surface area contributed by atoms with Crippen molar-refractivity contribution in [3.63, 3.8) is 0 Å². The molecule has 1 atom stereocenters. The molecule has 1 aromatic rings. The lowest BCUT2D eigenvalue weighted by molar-refractivity contribution is -0.119. The number of pyridine rings is 1. The van der Waals surface area contributed by atoms with Crippen molar-refractivity contribution in [2.75, 3.05) is 11.9 Å². The van der Waals surface area contributed by atoms with Crippen molar-refractivity contribution in [1.82, 2.24) is 4.98 Å². The van der Waals surface area contributed by atoms with Gasteiger partial charge < -0.3 is 11.1 Å². The zero-order chi connectivity index (χ0) is 12.0. The van der Waals surface area contributed by atoms with E-state index in [0.717, 1.165) is 12.8 Å². The summed E-state index contributed by atoms with van der Waals surface area (Å²) in [6, 6.07) is 3.27. The van der Waals surface area contributed by atoms with E-state index in [2.05, 4.69) is 10.3 Å². The number of aromatic nitrogens is 1. The predicted octanol–water partition coefficient (Wildman–Crippen LogP) is 2.05. The van der Waals surface area contributed by atoms with E-state index in [1.807, 2.05) is 6.92 Å². The van der Waals surface area contributed by atoms with E-state index in [0.29, 0.717) is 17.4 Å². The second kappa shape index (κ2) is 6.45. The lowest BCUT2D eigenvalue weighted by Crippen LogP contribution is -2.29. The molecule has 0 saturated heterocycles. The molecule has 0 bridgehead atoms. The Morgan fingerprint density at radius 1 is 1.69 bits per heavy atom.